The maximum absolute atomic E-state index is 6.32. The van der Waals surface area contributed by atoms with E-state index in [0.717, 1.165) is 24.4 Å². The normalized spacial score (nSPS) is 26.6. The average Bonchev–Trinajstić information content (AvgIpc) is 2.32. The Morgan fingerprint density at radius 2 is 2.16 bits per heavy atom. The third-order valence-electron chi connectivity index (χ3n) is 4.33. The van der Waals surface area contributed by atoms with Gasteiger partial charge in [-0.2, -0.15) is 0 Å². The zero-order chi connectivity index (χ0) is 14.0. The zero-order valence-electron chi connectivity index (χ0n) is 12.7. The molecular formula is C16H27N3. The van der Waals surface area contributed by atoms with E-state index >= 15 is 0 Å². The number of hydrogen-bond acceptors (Lipinski definition) is 3. The van der Waals surface area contributed by atoms with Crippen LogP contribution in [0.4, 0.5) is 0 Å². The van der Waals surface area contributed by atoms with E-state index in [2.05, 4.69) is 42.9 Å². The van der Waals surface area contributed by atoms with Gasteiger partial charge in [0, 0.05) is 24.3 Å². The van der Waals surface area contributed by atoms with Crippen molar-refractivity contribution in [1.82, 2.24) is 9.88 Å². The lowest BCUT2D eigenvalue weighted by Crippen LogP contribution is -2.51. The molecule has 1 saturated carbocycles. The first-order valence-electron chi connectivity index (χ1n) is 7.26. The van der Waals surface area contributed by atoms with Gasteiger partial charge in [-0.25, -0.2) is 0 Å². The van der Waals surface area contributed by atoms with Crippen LogP contribution in [-0.4, -0.2) is 29.0 Å². The van der Waals surface area contributed by atoms with E-state index in [-0.39, 0.29) is 0 Å². The molecule has 1 aliphatic rings. The van der Waals surface area contributed by atoms with Crippen LogP contribution in [0.25, 0.3) is 0 Å². The lowest BCUT2D eigenvalue weighted by Gasteiger charge is -2.43. The molecule has 2 atom stereocenters. The highest BCUT2D eigenvalue weighted by Crippen LogP contribution is 2.36. The van der Waals surface area contributed by atoms with Gasteiger partial charge in [0.25, 0.3) is 0 Å². The van der Waals surface area contributed by atoms with E-state index in [1.807, 2.05) is 13.0 Å². The summed E-state index contributed by atoms with van der Waals surface area (Å²) in [4.78, 5) is 6.97. The Bertz CT molecular complexity index is 428. The van der Waals surface area contributed by atoms with Crippen molar-refractivity contribution < 1.29 is 0 Å². The third kappa shape index (κ3) is 3.77. The molecule has 0 amide bonds. The maximum atomic E-state index is 6.32. The fraction of sp³-hybridized carbons (Fsp3) is 0.688. The van der Waals surface area contributed by atoms with Crippen molar-refractivity contribution in [1.29, 1.82) is 0 Å². The SMILES string of the molecule is Cc1cccc(CN(C)C2CC(C)(C)CCC2N)n1. The van der Waals surface area contributed by atoms with Crippen LogP contribution in [0.15, 0.2) is 18.2 Å². The van der Waals surface area contributed by atoms with Crippen LogP contribution >= 0.6 is 0 Å². The molecule has 19 heavy (non-hydrogen) atoms. The second-order valence-electron chi connectivity index (χ2n) is 6.82. The highest BCUT2D eigenvalue weighted by molar-refractivity contribution is 5.10. The van der Waals surface area contributed by atoms with Crippen molar-refractivity contribution in [2.75, 3.05) is 7.05 Å². The molecule has 0 bridgehead atoms. The Balaban J connectivity index is 2.04. The van der Waals surface area contributed by atoms with Crippen LogP contribution in [0.1, 0.15) is 44.5 Å². The van der Waals surface area contributed by atoms with Crippen molar-refractivity contribution in [3.05, 3.63) is 29.6 Å². The first-order chi connectivity index (χ1) is 8.87. The van der Waals surface area contributed by atoms with E-state index in [4.69, 9.17) is 5.73 Å². The quantitative estimate of drug-likeness (QED) is 0.909. The zero-order valence-corrected chi connectivity index (χ0v) is 12.7. The molecule has 2 rings (SSSR count). The number of rotatable bonds is 3. The van der Waals surface area contributed by atoms with Gasteiger partial charge in [0.15, 0.2) is 0 Å². The summed E-state index contributed by atoms with van der Waals surface area (Å²) in [5.41, 5.74) is 8.95. The summed E-state index contributed by atoms with van der Waals surface area (Å²) >= 11 is 0. The average molecular weight is 261 g/mol. The molecule has 106 valence electrons. The minimum atomic E-state index is 0.294. The summed E-state index contributed by atoms with van der Waals surface area (Å²) in [5.74, 6) is 0. The monoisotopic (exact) mass is 261 g/mol. The van der Waals surface area contributed by atoms with Crippen LogP contribution in [0.3, 0.4) is 0 Å². The first kappa shape index (κ1) is 14.5. The number of likely N-dealkylation sites (N-methyl/N-ethyl adjacent to an activating group) is 1. The number of hydrogen-bond donors (Lipinski definition) is 1. The topological polar surface area (TPSA) is 42.1 Å². The molecule has 1 aromatic rings. The first-order valence-corrected chi connectivity index (χ1v) is 7.26. The minimum Gasteiger partial charge on any atom is -0.326 e. The van der Waals surface area contributed by atoms with Gasteiger partial charge < -0.3 is 5.73 Å². The predicted octanol–water partition coefficient (Wildman–Crippen LogP) is 2.73. The van der Waals surface area contributed by atoms with Gasteiger partial charge >= 0.3 is 0 Å². The molecule has 3 nitrogen and oxygen atoms in total. The number of nitrogens with two attached hydrogens (primary N) is 1. The van der Waals surface area contributed by atoms with Gasteiger partial charge in [0.2, 0.25) is 0 Å². The van der Waals surface area contributed by atoms with Crippen molar-refractivity contribution in [2.45, 2.75) is 58.7 Å². The van der Waals surface area contributed by atoms with E-state index < -0.39 is 0 Å². The van der Waals surface area contributed by atoms with Gasteiger partial charge in [-0.1, -0.05) is 19.9 Å². The summed E-state index contributed by atoms with van der Waals surface area (Å²) in [6.07, 6.45) is 3.54. The van der Waals surface area contributed by atoms with E-state index in [1.54, 1.807) is 0 Å². The molecule has 0 aliphatic heterocycles. The molecule has 0 saturated heterocycles. The summed E-state index contributed by atoms with van der Waals surface area (Å²) < 4.78 is 0. The van der Waals surface area contributed by atoms with E-state index in [1.165, 1.54) is 12.8 Å². The predicted molar refractivity (Wildman–Crippen MR) is 79.8 cm³/mol. The Hall–Kier alpha value is -0.930. The van der Waals surface area contributed by atoms with Gasteiger partial charge in [0.05, 0.1) is 5.69 Å². The van der Waals surface area contributed by atoms with Crippen LogP contribution in [0.5, 0.6) is 0 Å². The fourth-order valence-corrected chi connectivity index (χ4v) is 3.11. The lowest BCUT2D eigenvalue weighted by molar-refractivity contribution is 0.0908. The Kier molecular flexibility index (Phi) is 4.26. The molecule has 3 heteroatoms. The van der Waals surface area contributed by atoms with Crippen molar-refractivity contribution in [2.24, 2.45) is 11.1 Å². The largest absolute Gasteiger partial charge is 0.326 e. The van der Waals surface area contributed by atoms with E-state index in [9.17, 15) is 0 Å². The molecule has 0 aromatic carbocycles. The molecule has 0 radical (unpaired) electrons. The van der Waals surface area contributed by atoms with Crippen LogP contribution in [0.2, 0.25) is 0 Å². The Morgan fingerprint density at radius 1 is 1.42 bits per heavy atom. The molecule has 1 aromatic heterocycles. The molecule has 2 N–H and O–H groups in total. The number of pyridine rings is 1. The summed E-state index contributed by atoms with van der Waals surface area (Å²) in [6.45, 7) is 7.63. The molecule has 1 aliphatic carbocycles. The van der Waals surface area contributed by atoms with Crippen LogP contribution in [-0.2, 0) is 6.54 Å². The smallest absolute Gasteiger partial charge is 0.0547 e. The molecule has 1 fully saturated rings. The highest BCUT2D eigenvalue weighted by atomic mass is 15.2. The van der Waals surface area contributed by atoms with Crippen LogP contribution < -0.4 is 5.73 Å². The molecule has 2 unspecified atom stereocenters. The number of aryl methyl sites for hydroxylation is 1. The molecule has 1 heterocycles. The summed E-state index contributed by atoms with van der Waals surface area (Å²) in [7, 11) is 2.18. The van der Waals surface area contributed by atoms with Gasteiger partial charge in [-0.15, -0.1) is 0 Å². The molecule has 0 spiro atoms. The fourth-order valence-electron chi connectivity index (χ4n) is 3.11. The second kappa shape index (κ2) is 5.59. The number of nitrogens with zero attached hydrogens (tertiary/aromatic N) is 2. The van der Waals surface area contributed by atoms with Crippen molar-refractivity contribution >= 4 is 0 Å². The van der Waals surface area contributed by atoms with Gasteiger partial charge in [-0.3, -0.25) is 9.88 Å². The van der Waals surface area contributed by atoms with Crippen LogP contribution in [0, 0.1) is 12.3 Å². The number of aromatic nitrogens is 1. The Morgan fingerprint density at radius 3 is 2.84 bits per heavy atom. The van der Waals surface area contributed by atoms with Crippen molar-refractivity contribution in [3.8, 4) is 0 Å². The van der Waals surface area contributed by atoms with Crippen molar-refractivity contribution in [3.63, 3.8) is 0 Å². The molecular weight excluding hydrogens is 234 g/mol. The van der Waals surface area contributed by atoms with E-state index in [0.29, 0.717) is 17.5 Å². The second-order valence-corrected chi connectivity index (χ2v) is 6.82. The summed E-state index contributed by atoms with van der Waals surface area (Å²) in [5, 5.41) is 0. The lowest BCUT2D eigenvalue weighted by atomic mass is 9.72. The van der Waals surface area contributed by atoms with Gasteiger partial charge in [0.1, 0.15) is 0 Å². The standard InChI is InChI=1S/C16H27N3/c1-12-6-5-7-13(18-12)11-19(4)15-10-16(2,3)9-8-14(15)17/h5-7,14-15H,8-11,17H2,1-4H3. The summed E-state index contributed by atoms with van der Waals surface area (Å²) in [6, 6.07) is 6.98. The highest BCUT2D eigenvalue weighted by Gasteiger charge is 2.35. The minimum absolute atomic E-state index is 0.294. The third-order valence-corrected chi connectivity index (χ3v) is 4.33. The van der Waals surface area contributed by atoms with Gasteiger partial charge in [-0.05, 0) is 50.8 Å². The Labute approximate surface area is 117 Å². The maximum Gasteiger partial charge on any atom is 0.0547 e.